The minimum atomic E-state index is -0.164. The van der Waals surface area contributed by atoms with Gasteiger partial charge in [0.1, 0.15) is 6.04 Å². The molecule has 2 fully saturated rings. The van der Waals surface area contributed by atoms with Gasteiger partial charge in [0.05, 0.1) is 12.7 Å². The Balaban J connectivity index is 1.88. The zero-order chi connectivity index (χ0) is 13.0. The van der Waals surface area contributed by atoms with Gasteiger partial charge in [0.15, 0.2) is 0 Å². The summed E-state index contributed by atoms with van der Waals surface area (Å²) in [6.45, 7) is 5.22. The minimum absolute atomic E-state index is 0.110. The molecule has 4 heteroatoms. The van der Waals surface area contributed by atoms with E-state index in [4.69, 9.17) is 9.47 Å². The number of hydrogen-bond acceptors (Lipinski definition) is 4. The first-order valence-electron chi connectivity index (χ1n) is 7.30. The number of carbonyl (C=O) groups excluding carboxylic acids is 1. The molecule has 1 aliphatic heterocycles. The number of carbonyl (C=O) groups is 1. The first-order chi connectivity index (χ1) is 8.76. The van der Waals surface area contributed by atoms with Crippen molar-refractivity contribution in [2.75, 3.05) is 13.2 Å². The Labute approximate surface area is 109 Å². The molecule has 0 aromatic heterocycles. The van der Waals surface area contributed by atoms with Crippen LogP contribution in [-0.4, -0.2) is 37.4 Å². The van der Waals surface area contributed by atoms with Crippen LogP contribution >= 0.6 is 0 Å². The molecule has 1 saturated heterocycles. The number of ether oxygens (including phenoxy) is 2. The van der Waals surface area contributed by atoms with E-state index in [1.54, 1.807) is 0 Å². The summed E-state index contributed by atoms with van der Waals surface area (Å²) in [5.41, 5.74) is 0. The first kappa shape index (κ1) is 13.8. The highest BCUT2D eigenvalue weighted by molar-refractivity contribution is 5.75. The molecular weight excluding hydrogens is 230 g/mol. The van der Waals surface area contributed by atoms with Crippen molar-refractivity contribution in [3.05, 3.63) is 0 Å². The maximum Gasteiger partial charge on any atom is 0.323 e. The average molecular weight is 255 g/mol. The van der Waals surface area contributed by atoms with Gasteiger partial charge in [-0.05, 0) is 38.5 Å². The first-order valence-corrected chi connectivity index (χ1v) is 7.30. The standard InChI is InChI=1S/C14H25NO3/c1-3-5-12(14(16)17-4-2)15-11-8-9-18-13(11)10-6-7-10/h10-13,15H,3-9H2,1-2H3. The Morgan fingerprint density at radius 1 is 1.39 bits per heavy atom. The van der Waals surface area contributed by atoms with Crippen LogP contribution in [-0.2, 0) is 14.3 Å². The molecule has 1 aliphatic carbocycles. The monoisotopic (exact) mass is 255 g/mol. The molecule has 18 heavy (non-hydrogen) atoms. The summed E-state index contributed by atoms with van der Waals surface area (Å²) in [5.74, 6) is 0.607. The van der Waals surface area contributed by atoms with Crippen molar-refractivity contribution in [3.8, 4) is 0 Å². The summed E-state index contributed by atoms with van der Waals surface area (Å²) in [6, 6.07) is 0.168. The zero-order valence-electron chi connectivity index (χ0n) is 11.5. The number of nitrogens with one attached hydrogen (secondary N) is 1. The van der Waals surface area contributed by atoms with E-state index in [2.05, 4.69) is 12.2 Å². The van der Waals surface area contributed by atoms with Crippen LogP contribution in [0.3, 0.4) is 0 Å². The molecule has 0 aromatic rings. The van der Waals surface area contributed by atoms with Crippen molar-refractivity contribution in [1.29, 1.82) is 0 Å². The normalized spacial score (nSPS) is 29.2. The summed E-state index contributed by atoms with van der Waals surface area (Å²) in [6.07, 6.45) is 5.71. The van der Waals surface area contributed by atoms with Gasteiger partial charge in [-0.25, -0.2) is 0 Å². The Morgan fingerprint density at radius 2 is 2.17 bits per heavy atom. The fourth-order valence-corrected chi connectivity index (χ4v) is 2.74. The molecule has 4 nitrogen and oxygen atoms in total. The van der Waals surface area contributed by atoms with E-state index in [-0.39, 0.29) is 12.0 Å². The van der Waals surface area contributed by atoms with E-state index < -0.39 is 0 Å². The van der Waals surface area contributed by atoms with Crippen LogP contribution in [0.4, 0.5) is 0 Å². The third-order valence-corrected chi connectivity index (χ3v) is 3.79. The summed E-state index contributed by atoms with van der Waals surface area (Å²) < 4.78 is 10.9. The van der Waals surface area contributed by atoms with Crippen molar-refractivity contribution in [1.82, 2.24) is 5.32 Å². The second-order valence-corrected chi connectivity index (χ2v) is 5.33. The van der Waals surface area contributed by atoms with Gasteiger partial charge in [0.2, 0.25) is 0 Å². The zero-order valence-corrected chi connectivity index (χ0v) is 11.5. The quantitative estimate of drug-likeness (QED) is 0.706. The van der Waals surface area contributed by atoms with Gasteiger partial charge < -0.3 is 9.47 Å². The van der Waals surface area contributed by atoms with Gasteiger partial charge in [0, 0.05) is 12.6 Å². The molecular formula is C14H25NO3. The Bertz CT molecular complexity index is 278. The highest BCUT2D eigenvalue weighted by Gasteiger charge is 2.41. The summed E-state index contributed by atoms with van der Waals surface area (Å²) in [7, 11) is 0. The predicted octanol–water partition coefficient (Wildman–Crippen LogP) is 1.88. The molecule has 1 N–H and O–H groups in total. The molecule has 2 aliphatic rings. The van der Waals surface area contributed by atoms with Crippen LogP contribution in [0.5, 0.6) is 0 Å². The molecule has 3 atom stereocenters. The molecule has 0 aromatic carbocycles. The molecule has 0 radical (unpaired) electrons. The summed E-state index contributed by atoms with van der Waals surface area (Å²) >= 11 is 0. The van der Waals surface area contributed by atoms with Crippen LogP contribution in [0.15, 0.2) is 0 Å². The summed E-state index contributed by atoms with van der Waals surface area (Å²) in [4.78, 5) is 11.9. The highest BCUT2D eigenvalue weighted by Crippen LogP contribution is 2.38. The van der Waals surface area contributed by atoms with Crippen LogP contribution in [0.25, 0.3) is 0 Å². The van der Waals surface area contributed by atoms with E-state index in [9.17, 15) is 4.79 Å². The van der Waals surface area contributed by atoms with E-state index in [1.165, 1.54) is 12.8 Å². The third-order valence-electron chi connectivity index (χ3n) is 3.79. The average Bonchev–Trinajstić information content (AvgIpc) is 3.10. The number of rotatable bonds is 7. The van der Waals surface area contributed by atoms with Crippen LogP contribution in [0.1, 0.15) is 46.0 Å². The van der Waals surface area contributed by atoms with Crippen molar-refractivity contribution in [2.24, 2.45) is 5.92 Å². The number of esters is 1. The van der Waals surface area contributed by atoms with Crippen LogP contribution in [0, 0.1) is 5.92 Å². The Hall–Kier alpha value is -0.610. The lowest BCUT2D eigenvalue weighted by Crippen LogP contribution is -2.48. The third kappa shape index (κ3) is 3.45. The maximum absolute atomic E-state index is 11.9. The highest BCUT2D eigenvalue weighted by atomic mass is 16.5. The van der Waals surface area contributed by atoms with Crippen molar-refractivity contribution >= 4 is 5.97 Å². The van der Waals surface area contributed by atoms with E-state index in [0.29, 0.717) is 18.8 Å². The minimum Gasteiger partial charge on any atom is -0.465 e. The maximum atomic E-state index is 11.9. The van der Waals surface area contributed by atoms with Crippen LogP contribution in [0.2, 0.25) is 0 Å². The molecule has 2 rings (SSSR count). The molecule has 0 bridgehead atoms. The lowest BCUT2D eigenvalue weighted by Gasteiger charge is -2.24. The van der Waals surface area contributed by atoms with E-state index in [0.717, 1.165) is 31.8 Å². The van der Waals surface area contributed by atoms with E-state index >= 15 is 0 Å². The molecule has 3 unspecified atom stereocenters. The van der Waals surface area contributed by atoms with Crippen molar-refractivity contribution in [3.63, 3.8) is 0 Å². The Morgan fingerprint density at radius 3 is 2.78 bits per heavy atom. The van der Waals surface area contributed by atoms with Gasteiger partial charge in [-0.15, -0.1) is 0 Å². The van der Waals surface area contributed by atoms with Gasteiger partial charge in [0.25, 0.3) is 0 Å². The molecule has 0 spiro atoms. The molecule has 1 heterocycles. The second-order valence-electron chi connectivity index (χ2n) is 5.33. The fraction of sp³-hybridized carbons (Fsp3) is 0.929. The van der Waals surface area contributed by atoms with Gasteiger partial charge >= 0.3 is 5.97 Å². The van der Waals surface area contributed by atoms with Crippen molar-refractivity contribution < 1.29 is 14.3 Å². The van der Waals surface area contributed by atoms with E-state index in [1.807, 2.05) is 6.92 Å². The second kappa shape index (κ2) is 6.53. The van der Waals surface area contributed by atoms with Gasteiger partial charge in [-0.2, -0.15) is 0 Å². The molecule has 1 saturated carbocycles. The largest absolute Gasteiger partial charge is 0.465 e. The lowest BCUT2D eigenvalue weighted by molar-refractivity contribution is -0.146. The smallest absolute Gasteiger partial charge is 0.323 e. The number of hydrogen-bond donors (Lipinski definition) is 1. The molecule has 104 valence electrons. The van der Waals surface area contributed by atoms with Crippen molar-refractivity contribution in [2.45, 2.75) is 64.1 Å². The predicted molar refractivity (Wildman–Crippen MR) is 69.3 cm³/mol. The molecule has 0 amide bonds. The Kier molecular flexibility index (Phi) is 5.01. The summed E-state index contributed by atoms with van der Waals surface area (Å²) in [5, 5.41) is 3.47. The van der Waals surface area contributed by atoms with Crippen LogP contribution < -0.4 is 5.32 Å². The lowest BCUT2D eigenvalue weighted by atomic mass is 10.0. The van der Waals surface area contributed by atoms with Gasteiger partial charge in [-0.3, -0.25) is 10.1 Å². The fourth-order valence-electron chi connectivity index (χ4n) is 2.74. The van der Waals surface area contributed by atoms with Gasteiger partial charge in [-0.1, -0.05) is 13.3 Å². The SMILES string of the molecule is CCCC(NC1CCOC1C1CC1)C(=O)OCC. The topological polar surface area (TPSA) is 47.6 Å².